The Morgan fingerprint density at radius 3 is 2.93 bits per heavy atom. The molecule has 0 atom stereocenters. The molecule has 1 aromatic rings. The summed E-state index contributed by atoms with van der Waals surface area (Å²) in [6.45, 7) is 2.07. The minimum absolute atomic E-state index is 0.598. The zero-order valence-electron chi connectivity index (χ0n) is 8.20. The van der Waals surface area contributed by atoms with Crippen LogP contribution in [0.4, 0.5) is 5.69 Å². The average molecular weight is 187 g/mol. The van der Waals surface area contributed by atoms with Gasteiger partial charge in [0.1, 0.15) is 0 Å². The van der Waals surface area contributed by atoms with Crippen molar-refractivity contribution in [1.29, 1.82) is 5.26 Å². The molecule has 0 saturated carbocycles. The van der Waals surface area contributed by atoms with Crippen LogP contribution < -0.4 is 10.2 Å². The molecule has 2 rings (SSSR count). The predicted octanol–water partition coefficient (Wildman–Crippen LogP) is 0.966. The minimum atomic E-state index is 0.598. The molecule has 0 aliphatic carbocycles. The van der Waals surface area contributed by atoms with Gasteiger partial charge in [-0.25, -0.2) is 0 Å². The van der Waals surface area contributed by atoms with Gasteiger partial charge in [0, 0.05) is 24.8 Å². The number of hydrogen-bond donors (Lipinski definition) is 1. The number of nitrogens with zero attached hydrogens (tertiary/aromatic N) is 2. The van der Waals surface area contributed by atoms with Crippen LogP contribution in [-0.4, -0.2) is 26.2 Å². The number of rotatable bonds is 2. The Morgan fingerprint density at radius 2 is 2.29 bits per heavy atom. The Hall–Kier alpha value is -1.53. The topological polar surface area (TPSA) is 39.1 Å². The van der Waals surface area contributed by atoms with Gasteiger partial charge in [0.2, 0.25) is 0 Å². The molecule has 0 amide bonds. The largest absolute Gasteiger partial charge is 0.368 e. The number of likely N-dealkylation sites (N-methyl/N-ethyl adjacent to an activating group) is 1. The van der Waals surface area contributed by atoms with Crippen LogP contribution >= 0.6 is 0 Å². The molecule has 0 bridgehead atoms. The zero-order chi connectivity index (χ0) is 9.97. The normalized spacial score (nSPS) is 16.1. The molecule has 72 valence electrons. The molecule has 1 N–H and O–H groups in total. The van der Waals surface area contributed by atoms with Crippen LogP contribution in [0.2, 0.25) is 0 Å². The third-order valence-electron chi connectivity index (χ3n) is 2.63. The Kier molecular flexibility index (Phi) is 2.38. The summed E-state index contributed by atoms with van der Waals surface area (Å²) in [5.41, 5.74) is 1.88. The number of nitriles is 1. The lowest BCUT2D eigenvalue weighted by Gasteiger charge is -2.40. The third-order valence-corrected chi connectivity index (χ3v) is 2.63. The van der Waals surface area contributed by atoms with Gasteiger partial charge in [-0.1, -0.05) is 6.07 Å². The van der Waals surface area contributed by atoms with Crippen molar-refractivity contribution in [2.24, 2.45) is 0 Å². The summed E-state index contributed by atoms with van der Waals surface area (Å²) < 4.78 is 0. The van der Waals surface area contributed by atoms with Gasteiger partial charge >= 0.3 is 0 Å². The van der Waals surface area contributed by atoms with Crippen LogP contribution in [0.1, 0.15) is 5.56 Å². The van der Waals surface area contributed by atoms with Gasteiger partial charge in [0.25, 0.3) is 0 Å². The minimum Gasteiger partial charge on any atom is -0.368 e. The maximum atomic E-state index is 8.75. The van der Waals surface area contributed by atoms with Crippen molar-refractivity contribution in [1.82, 2.24) is 5.32 Å². The van der Waals surface area contributed by atoms with Crippen molar-refractivity contribution in [3.05, 3.63) is 29.8 Å². The number of hydrogen-bond acceptors (Lipinski definition) is 3. The fourth-order valence-electron chi connectivity index (χ4n) is 1.64. The lowest BCUT2D eigenvalue weighted by molar-refractivity contribution is 0.450. The molecule has 1 aliphatic rings. The lowest BCUT2D eigenvalue weighted by Crippen LogP contribution is -2.57. The van der Waals surface area contributed by atoms with E-state index in [0.29, 0.717) is 6.04 Å². The monoisotopic (exact) mass is 187 g/mol. The Bertz CT molecular complexity index is 361. The predicted molar refractivity (Wildman–Crippen MR) is 56.2 cm³/mol. The van der Waals surface area contributed by atoms with Crippen LogP contribution in [0.5, 0.6) is 0 Å². The standard InChI is InChI=1S/C11H13N3/c1-13-10-7-14(8-10)11-4-2-3-9(5-11)6-12/h2-5,10,13H,7-8H2,1H3. The maximum absolute atomic E-state index is 8.75. The van der Waals surface area contributed by atoms with Gasteiger partial charge < -0.3 is 10.2 Å². The zero-order valence-corrected chi connectivity index (χ0v) is 8.20. The van der Waals surface area contributed by atoms with E-state index in [4.69, 9.17) is 5.26 Å². The molecular weight excluding hydrogens is 174 g/mol. The quantitative estimate of drug-likeness (QED) is 0.749. The maximum Gasteiger partial charge on any atom is 0.0992 e. The van der Waals surface area contributed by atoms with Gasteiger partial charge in [-0.15, -0.1) is 0 Å². The molecule has 0 unspecified atom stereocenters. The average Bonchev–Trinajstić information content (AvgIpc) is 2.17. The van der Waals surface area contributed by atoms with Gasteiger partial charge in [0.05, 0.1) is 11.6 Å². The molecule has 1 aromatic carbocycles. The second kappa shape index (κ2) is 3.69. The van der Waals surface area contributed by atoms with E-state index in [1.807, 2.05) is 31.3 Å². The fourth-order valence-corrected chi connectivity index (χ4v) is 1.64. The van der Waals surface area contributed by atoms with Crippen LogP contribution in [0.25, 0.3) is 0 Å². The lowest BCUT2D eigenvalue weighted by atomic mass is 10.1. The summed E-state index contributed by atoms with van der Waals surface area (Å²) in [6, 6.07) is 10.5. The first kappa shape index (κ1) is 9.04. The number of anilines is 1. The van der Waals surface area contributed by atoms with E-state index in [0.717, 1.165) is 24.3 Å². The summed E-state index contributed by atoms with van der Waals surface area (Å²) >= 11 is 0. The summed E-state index contributed by atoms with van der Waals surface area (Å²) in [4.78, 5) is 2.27. The summed E-state index contributed by atoms with van der Waals surface area (Å²) in [5, 5.41) is 12.0. The van der Waals surface area contributed by atoms with E-state index >= 15 is 0 Å². The first-order valence-corrected chi connectivity index (χ1v) is 4.76. The molecule has 14 heavy (non-hydrogen) atoms. The van der Waals surface area contributed by atoms with Gasteiger partial charge in [-0.05, 0) is 25.2 Å². The van der Waals surface area contributed by atoms with Crippen molar-refractivity contribution in [2.45, 2.75) is 6.04 Å². The van der Waals surface area contributed by atoms with Gasteiger partial charge in [-0.3, -0.25) is 0 Å². The van der Waals surface area contributed by atoms with Crippen LogP contribution in [0, 0.1) is 11.3 Å². The molecule has 0 radical (unpaired) electrons. The summed E-state index contributed by atoms with van der Waals surface area (Å²) in [7, 11) is 1.98. The van der Waals surface area contributed by atoms with Crippen molar-refractivity contribution in [2.75, 3.05) is 25.0 Å². The fraction of sp³-hybridized carbons (Fsp3) is 0.364. The molecule has 3 nitrogen and oxygen atoms in total. The molecule has 1 fully saturated rings. The highest BCUT2D eigenvalue weighted by atomic mass is 15.2. The Labute approximate surface area is 84.0 Å². The van der Waals surface area contributed by atoms with E-state index in [1.165, 1.54) is 0 Å². The van der Waals surface area contributed by atoms with Crippen molar-refractivity contribution in [3.8, 4) is 6.07 Å². The van der Waals surface area contributed by atoms with Crippen LogP contribution in [0.15, 0.2) is 24.3 Å². The smallest absolute Gasteiger partial charge is 0.0992 e. The van der Waals surface area contributed by atoms with Crippen LogP contribution in [-0.2, 0) is 0 Å². The SMILES string of the molecule is CNC1CN(c2cccc(C#N)c2)C1. The van der Waals surface area contributed by atoms with E-state index in [2.05, 4.69) is 16.3 Å². The van der Waals surface area contributed by atoms with E-state index < -0.39 is 0 Å². The van der Waals surface area contributed by atoms with Gasteiger partial charge in [0.15, 0.2) is 0 Å². The molecule has 1 aliphatic heterocycles. The van der Waals surface area contributed by atoms with Crippen molar-refractivity contribution >= 4 is 5.69 Å². The second-order valence-corrected chi connectivity index (χ2v) is 3.55. The van der Waals surface area contributed by atoms with Gasteiger partial charge in [-0.2, -0.15) is 5.26 Å². The Morgan fingerprint density at radius 1 is 1.50 bits per heavy atom. The Balaban J connectivity index is 2.08. The van der Waals surface area contributed by atoms with Crippen molar-refractivity contribution in [3.63, 3.8) is 0 Å². The molecule has 1 heterocycles. The third kappa shape index (κ3) is 1.57. The van der Waals surface area contributed by atoms with Crippen molar-refractivity contribution < 1.29 is 0 Å². The number of nitrogens with one attached hydrogen (secondary N) is 1. The second-order valence-electron chi connectivity index (χ2n) is 3.55. The highest BCUT2D eigenvalue weighted by Crippen LogP contribution is 2.21. The molecular formula is C11H13N3. The first-order valence-electron chi connectivity index (χ1n) is 4.76. The summed E-state index contributed by atoms with van der Waals surface area (Å²) in [6.07, 6.45) is 0. The van der Waals surface area contributed by atoms with E-state index in [9.17, 15) is 0 Å². The summed E-state index contributed by atoms with van der Waals surface area (Å²) in [5.74, 6) is 0. The van der Waals surface area contributed by atoms with E-state index in [1.54, 1.807) is 0 Å². The highest BCUT2D eigenvalue weighted by molar-refractivity contribution is 5.53. The molecule has 0 spiro atoms. The molecule has 0 aromatic heterocycles. The molecule has 1 saturated heterocycles. The first-order chi connectivity index (χ1) is 6.83. The highest BCUT2D eigenvalue weighted by Gasteiger charge is 2.24. The van der Waals surface area contributed by atoms with Crippen LogP contribution in [0.3, 0.4) is 0 Å². The van der Waals surface area contributed by atoms with E-state index in [-0.39, 0.29) is 0 Å². The number of benzene rings is 1. The molecule has 3 heteroatoms.